The van der Waals surface area contributed by atoms with Gasteiger partial charge >= 0.3 is 5.97 Å². The van der Waals surface area contributed by atoms with Crippen LogP contribution in [0.15, 0.2) is 0 Å². The fourth-order valence-electron chi connectivity index (χ4n) is 3.63. The summed E-state index contributed by atoms with van der Waals surface area (Å²) in [6, 6.07) is -0.145. The number of carbonyl (C=O) groups is 2. The van der Waals surface area contributed by atoms with Crippen LogP contribution in [0, 0.1) is 23.7 Å². The number of hydrogen-bond acceptors (Lipinski definition) is 2. The van der Waals surface area contributed by atoms with E-state index in [0.29, 0.717) is 12.3 Å². The molecule has 4 nitrogen and oxygen atoms in total. The average Bonchev–Trinajstić information content (AvgIpc) is 3.21. The molecule has 0 aromatic carbocycles. The largest absolute Gasteiger partial charge is 0.481 e. The highest BCUT2D eigenvalue weighted by Gasteiger charge is 2.51. The standard InChI is InChI=1S/C15H23NO3/c17-14(12-8-11(12)9-6-7-9)16-13-5-3-1-2-4-10(13)15(18)19/h9-13H,1-8H2,(H,16,17)(H,18,19). The number of aliphatic carboxylic acids is 1. The van der Waals surface area contributed by atoms with Crippen LogP contribution in [0.25, 0.3) is 0 Å². The molecule has 0 aliphatic heterocycles. The molecule has 3 fully saturated rings. The lowest BCUT2D eigenvalue weighted by Crippen LogP contribution is -2.43. The number of carbonyl (C=O) groups excluding carboxylic acids is 1. The van der Waals surface area contributed by atoms with Gasteiger partial charge in [-0.3, -0.25) is 9.59 Å². The van der Waals surface area contributed by atoms with Crippen molar-refractivity contribution < 1.29 is 14.7 Å². The first-order chi connectivity index (χ1) is 9.16. The smallest absolute Gasteiger partial charge is 0.308 e. The van der Waals surface area contributed by atoms with E-state index in [2.05, 4.69) is 5.32 Å². The first-order valence-corrected chi connectivity index (χ1v) is 7.70. The highest BCUT2D eigenvalue weighted by molar-refractivity contribution is 5.83. The molecule has 19 heavy (non-hydrogen) atoms. The van der Waals surface area contributed by atoms with Crippen LogP contribution in [0.1, 0.15) is 51.4 Å². The molecule has 2 N–H and O–H groups in total. The fraction of sp³-hybridized carbons (Fsp3) is 0.867. The van der Waals surface area contributed by atoms with E-state index < -0.39 is 5.97 Å². The van der Waals surface area contributed by atoms with Crippen molar-refractivity contribution in [3.8, 4) is 0 Å². The topological polar surface area (TPSA) is 66.4 Å². The Hall–Kier alpha value is -1.06. The van der Waals surface area contributed by atoms with Crippen LogP contribution in [0.3, 0.4) is 0 Å². The molecule has 3 saturated carbocycles. The molecule has 4 unspecified atom stereocenters. The van der Waals surface area contributed by atoms with E-state index >= 15 is 0 Å². The molecule has 4 atom stereocenters. The van der Waals surface area contributed by atoms with Gasteiger partial charge in [0.1, 0.15) is 0 Å². The Balaban J connectivity index is 1.56. The lowest BCUT2D eigenvalue weighted by Gasteiger charge is -2.23. The Morgan fingerprint density at radius 1 is 0.947 bits per heavy atom. The third-order valence-electron chi connectivity index (χ3n) is 5.06. The van der Waals surface area contributed by atoms with Crippen molar-refractivity contribution in [2.45, 2.75) is 57.4 Å². The van der Waals surface area contributed by atoms with Crippen molar-refractivity contribution >= 4 is 11.9 Å². The second-order valence-corrected chi connectivity index (χ2v) is 6.54. The Morgan fingerprint density at radius 2 is 1.68 bits per heavy atom. The molecule has 0 heterocycles. The van der Waals surface area contributed by atoms with Crippen molar-refractivity contribution in [1.29, 1.82) is 0 Å². The predicted molar refractivity (Wildman–Crippen MR) is 70.5 cm³/mol. The average molecular weight is 265 g/mol. The fourth-order valence-corrected chi connectivity index (χ4v) is 3.63. The third kappa shape index (κ3) is 2.93. The molecule has 3 aliphatic rings. The van der Waals surface area contributed by atoms with E-state index in [0.717, 1.165) is 38.0 Å². The molecule has 0 radical (unpaired) electrons. The monoisotopic (exact) mass is 265 g/mol. The minimum atomic E-state index is -0.748. The first kappa shape index (κ1) is 12.9. The Bertz CT molecular complexity index is 378. The molecule has 0 spiro atoms. The van der Waals surface area contributed by atoms with Crippen molar-refractivity contribution in [3.63, 3.8) is 0 Å². The van der Waals surface area contributed by atoms with Crippen LogP contribution in [0.4, 0.5) is 0 Å². The second-order valence-electron chi connectivity index (χ2n) is 6.54. The van der Waals surface area contributed by atoms with Gasteiger partial charge in [0.05, 0.1) is 5.92 Å². The molecule has 0 saturated heterocycles. The van der Waals surface area contributed by atoms with Gasteiger partial charge in [-0.2, -0.15) is 0 Å². The normalized spacial score (nSPS) is 38.3. The Labute approximate surface area is 113 Å². The number of carboxylic acids is 1. The third-order valence-corrected chi connectivity index (χ3v) is 5.06. The maximum Gasteiger partial charge on any atom is 0.308 e. The van der Waals surface area contributed by atoms with Gasteiger partial charge in [-0.15, -0.1) is 0 Å². The van der Waals surface area contributed by atoms with Gasteiger partial charge in [-0.05, 0) is 43.9 Å². The zero-order valence-corrected chi connectivity index (χ0v) is 11.3. The molecule has 106 valence electrons. The number of nitrogens with one attached hydrogen (secondary N) is 1. The van der Waals surface area contributed by atoms with E-state index in [1.807, 2.05) is 0 Å². The lowest BCUT2D eigenvalue weighted by atomic mass is 9.94. The van der Waals surface area contributed by atoms with Gasteiger partial charge < -0.3 is 10.4 Å². The van der Waals surface area contributed by atoms with Gasteiger partial charge in [0.2, 0.25) is 5.91 Å². The minimum Gasteiger partial charge on any atom is -0.481 e. The van der Waals surface area contributed by atoms with E-state index in [9.17, 15) is 14.7 Å². The van der Waals surface area contributed by atoms with E-state index in [4.69, 9.17) is 0 Å². The number of rotatable bonds is 4. The number of carboxylic acid groups (broad SMARTS) is 1. The number of hydrogen-bond donors (Lipinski definition) is 2. The summed E-state index contributed by atoms with van der Waals surface area (Å²) >= 11 is 0. The molecular weight excluding hydrogens is 242 g/mol. The van der Waals surface area contributed by atoms with Gasteiger partial charge in [0, 0.05) is 12.0 Å². The molecule has 0 aromatic rings. The maximum absolute atomic E-state index is 12.2. The summed E-state index contributed by atoms with van der Waals surface area (Å²) in [4.78, 5) is 23.5. The summed E-state index contributed by atoms with van der Waals surface area (Å²) in [5, 5.41) is 12.3. The number of amides is 1. The molecule has 1 amide bonds. The molecule has 0 aromatic heterocycles. The Kier molecular flexibility index (Phi) is 3.50. The van der Waals surface area contributed by atoms with Gasteiger partial charge in [-0.1, -0.05) is 19.3 Å². The molecule has 0 bridgehead atoms. The summed E-state index contributed by atoms with van der Waals surface area (Å²) in [6.07, 6.45) is 8.22. The van der Waals surface area contributed by atoms with Crippen molar-refractivity contribution in [2.75, 3.05) is 0 Å². The summed E-state index contributed by atoms with van der Waals surface area (Å²) in [5.41, 5.74) is 0. The van der Waals surface area contributed by atoms with Crippen molar-refractivity contribution in [1.82, 2.24) is 5.32 Å². The molecule has 3 rings (SSSR count). The zero-order chi connectivity index (χ0) is 13.4. The van der Waals surface area contributed by atoms with Gasteiger partial charge in [0.15, 0.2) is 0 Å². The highest BCUT2D eigenvalue weighted by Crippen LogP contribution is 2.54. The van der Waals surface area contributed by atoms with E-state index in [1.165, 1.54) is 12.8 Å². The van der Waals surface area contributed by atoms with Crippen molar-refractivity contribution in [2.24, 2.45) is 23.7 Å². The van der Waals surface area contributed by atoms with Crippen LogP contribution in [0.5, 0.6) is 0 Å². The summed E-state index contributed by atoms with van der Waals surface area (Å²) < 4.78 is 0. The second kappa shape index (κ2) is 5.14. The van der Waals surface area contributed by atoms with Crippen LogP contribution < -0.4 is 5.32 Å². The van der Waals surface area contributed by atoms with Crippen LogP contribution in [-0.4, -0.2) is 23.0 Å². The van der Waals surface area contributed by atoms with Gasteiger partial charge in [-0.25, -0.2) is 0 Å². The molecular formula is C15H23NO3. The van der Waals surface area contributed by atoms with Gasteiger partial charge in [0.25, 0.3) is 0 Å². The zero-order valence-electron chi connectivity index (χ0n) is 11.3. The van der Waals surface area contributed by atoms with E-state index in [1.54, 1.807) is 0 Å². The van der Waals surface area contributed by atoms with Crippen LogP contribution in [0.2, 0.25) is 0 Å². The predicted octanol–water partition coefficient (Wildman–Crippen LogP) is 2.18. The Morgan fingerprint density at radius 3 is 2.37 bits per heavy atom. The molecule has 4 heteroatoms. The van der Waals surface area contributed by atoms with Crippen molar-refractivity contribution in [3.05, 3.63) is 0 Å². The van der Waals surface area contributed by atoms with Crippen LogP contribution >= 0.6 is 0 Å². The molecule has 3 aliphatic carbocycles. The first-order valence-electron chi connectivity index (χ1n) is 7.70. The maximum atomic E-state index is 12.2. The summed E-state index contributed by atoms with van der Waals surface area (Å²) in [5.74, 6) is 0.570. The minimum absolute atomic E-state index is 0.120. The SMILES string of the molecule is O=C(O)C1CCCCCC1NC(=O)C1CC1C1CC1. The van der Waals surface area contributed by atoms with E-state index in [-0.39, 0.29) is 23.8 Å². The van der Waals surface area contributed by atoms with Crippen LogP contribution in [-0.2, 0) is 9.59 Å². The highest BCUT2D eigenvalue weighted by atomic mass is 16.4. The summed E-state index contributed by atoms with van der Waals surface area (Å²) in [7, 11) is 0. The summed E-state index contributed by atoms with van der Waals surface area (Å²) in [6.45, 7) is 0. The quantitative estimate of drug-likeness (QED) is 0.766. The lowest BCUT2D eigenvalue weighted by molar-refractivity contribution is -0.143.